The van der Waals surface area contributed by atoms with Crippen LogP contribution < -0.4 is 10.1 Å². The standard InChI is InChI=1S/C15H22ClNO2/c1-18-10-12-8-13(16)9-15(19-2)14(12)7-11-3-5-17-6-4-11/h8-9,11,17H,3-7,10H2,1-2H3. The number of methoxy groups -OCH3 is 2. The van der Waals surface area contributed by atoms with Gasteiger partial charge in [-0.25, -0.2) is 0 Å². The van der Waals surface area contributed by atoms with Gasteiger partial charge in [-0.1, -0.05) is 11.6 Å². The van der Waals surface area contributed by atoms with E-state index in [-0.39, 0.29) is 0 Å². The molecule has 0 aliphatic carbocycles. The quantitative estimate of drug-likeness (QED) is 0.901. The summed E-state index contributed by atoms with van der Waals surface area (Å²) in [6.45, 7) is 2.80. The van der Waals surface area contributed by atoms with Gasteiger partial charge >= 0.3 is 0 Å². The Hall–Kier alpha value is -0.770. The van der Waals surface area contributed by atoms with Gasteiger partial charge < -0.3 is 14.8 Å². The molecule has 106 valence electrons. The largest absolute Gasteiger partial charge is 0.496 e. The minimum Gasteiger partial charge on any atom is -0.496 e. The molecule has 3 nitrogen and oxygen atoms in total. The summed E-state index contributed by atoms with van der Waals surface area (Å²) in [5.41, 5.74) is 2.39. The Morgan fingerprint density at radius 2 is 2.00 bits per heavy atom. The van der Waals surface area contributed by atoms with Crippen LogP contribution in [0.15, 0.2) is 12.1 Å². The minimum absolute atomic E-state index is 0.581. The number of hydrogen-bond donors (Lipinski definition) is 1. The van der Waals surface area contributed by atoms with E-state index in [1.54, 1.807) is 14.2 Å². The average molecular weight is 284 g/mol. The highest BCUT2D eigenvalue weighted by Crippen LogP contribution is 2.31. The maximum absolute atomic E-state index is 6.13. The van der Waals surface area contributed by atoms with E-state index in [4.69, 9.17) is 21.1 Å². The first-order valence-corrected chi connectivity index (χ1v) is 7.17. The first-order valence-electron chi connectivity index (χ1n) is 6.79. The first kappa shape index (κ1) is 14.6. The monoisotopic (exact) mass is 283 g/mol. The number of nitrogens with one attached hydrogen (secondary N) is 1. The smallest absolute Gasteiger partial charge is 0.123 e. The lowest BCUT2D eigenvalue weighted by atomic mass is 9.88. The molecule has 0 spiro atoms. The SMILES string of the molecule is COCc1cc(Cl)cc(OC)c1CC1CCNCC1. The molecule has 0 atom stereocenters. The zero-order valence-electron chi connectivity index (χ0n) is 11.7. The van der Waals surface area contributed by atoms with Gasteiger partial charge in [-0.15, -0.1) is 0 Å². The molecule has 0 radical (unpaired) electrons. The third kappa shape index (κ3) is 3.85. The van der Waals surface area contributed by atoms with Crippen LogP contribution in [0.3, 0.4) is 0 Å². The molecule has 1 heterocycles. The molecule has 1 aromatic carbocycles. The van der Waals surface area contributed by atoms with Gasteiger partial charge in [-0.3, -0.25) is 0 Å². The fourth-order valence-electron chi connectivity index (χ4n) is 2.74. The lowest BCUT2D eigenvalue weighted by Crippen LogP contribution is -2.29. The fourth-order valence-corrected chi connectivity index (χ4v) is 2.97. The van der Waals surface area contributed by atoms with Gasteiger partial charge in [0, 0.05) is 12.1 Å². The number of benzene rings is 1. The van der Waals surface area contributed by atoms with Crippen molar-refractivity contribution in [3.8, 4) is 5.75 Å². The highest BCUT2D eigenvalue weighted by molar-refractivity contribution is 6.30. The van der Waals surface area contributed by atoms with E-state index in [9.17, 15) is 0 Å². The van der Waals surface area contributed by atoms with E-state index in [0.29, 0.717) is 17.5 Å². The molecule has 2 rings (SSSR count). The Labute approximate surface area is 120 Å². The van der Waals surface area contributed by atoms with Crippen molar-refractivity contribution < 1.29 is 9.47 Å². The molecular formula is C15H22ClNO2. The Morgan fingerprint density at radius 1 is 1.26 bits per heavy atom. The molecule has 0 saturated carbocycles. The van der Waals surface area contributed by atoms with Crippen molar-refractivity contribution in [2.24, 2.45) is 5.92 Å². The number of hydrogen-bond acceptors (Lipinski definition) is 3. The van der Waals surface area contributed by atoms with Crippen LogP contribution in [0.5, 0.6) is 5.75 Å². The lowest BCUT2D eigenvalue weighted by Gasteiger charge is -2.24. The molecule has 1 fully saturated rings. The second kappa shape index (κ2) is 7.13. The van der Waals surface area contributed by atoms with Gasteiger partial charge in [0.2, 0.25) is 0 Å². The topological polar surface area (TPSA) is 30.5 Å². The van der Waals surface area contributed by atoms with Crippen LogP contribution in [0.4, 0.5) is 0 Å². The van der Waals surface area contributed by atoms with E-state index >= 15 is 0 Å². The van der Waals surface area contributed by atoms with E-state index in [1.165, 1.54) is 18.4 Å². The van der Waals surface area contributed by atoms with Crippen molar-refractivity contribution in [3.63, 3.8) is 0 Å². The van der Waals surface area contributed by atoms with Gasteiger partial charge in [0.05, 0.1) is 13.7 Å². The van der Waals surface area contributed by atoms with Gasteiger partial charge in [0.15, 0.2) is 0 Å². The van der Waals surface area contributed by atoms with E-state index in [0.717, 1.165) is 30.8 Å². The van der Waals surface area contributed by atoms with Crippen molar-refractivity contribution in [2.75, 3.05) is 27.3 Å². The third-order valence-corrected chi connectivity index (χ3v) is 3.96. The van der Waals surface area contributed by atoms with Crippen molar-refractivity contribution in [1.29, 1.82) is 0 Å². The highest BCUT2D eigenvalue weighted by atomic mass is 35.5. The summed E-state index contributed by atoms with van der Waals surface area (Å²) in [5.74, 6) is 1.60. The lowest BCUT2D eigenvalue weighted by molar-refractivity contribution is 0.183. The summed E-state index contributed by atoms with van der Waals surface area (Å²) in [7, 11) is 3.41. The molecule has 1 saturated heterocycles. The summed E-state index contributed by atoms with van der Waals surface area (Å²) in [6, 6.07) is 3.89. The van der Waals surface area contributed by atoms with Gasteiger partial charge in [-0.05, 0) is 61.5 Å². The van der Waals surface area contributed by atoms with Crippen LogP contribution in [0.1, 0.15) is 24.0 Å². The predicted molar refractivity (Wildman–Crippen MR) is 78.0 cm³/mol. The molecule has 1 aliphatic heterocycles. The Morgan fingerprint density at radius 3 is 2.63 bits per heavy atom. The maximum Gasteiger partial charge on any atom is 0.123 e. The van der Waals surface area contributed by atoms with E-state index in [1.807, 2.05) is 12.1 Å². The molecule has 1 N–H and O–H groups in total. The zero-order chi connectivity index (χ0) is 13.7. The predicted octanol–water partition coefficient (Wildman–Crippen LogP) is 3.04. The van der Waals surface area contributed by atoms with E-state index in [2.05, 4.69) is 5.32 Å². The molecule has 19 heavy (non-hydrogen) atoms. The van der Waals surface area contributed by atoms with Crippen molar-refractivity contribution in [3.05, 3.63) is 28.3 Å². The van der Waals surface area contributed by atoms with Crippen LogP contribution in [0.25, 0.3) is 0 Å². The minimum atomic E-state index is 0.581. The van der Waals surface area contributed by atoms with Crippen LogP contribution in [0, 0.1) is 5.92 Å². The molecule has 4 heteroatoms. The maximum atomic E-state index is 6.13. The number of piperidine rings is 1. The molecule has 0 aromatic heterocycles. The Bertz CT molecular complexity index is 417. The number of halogens is 1. The van der Waals surface area contributed by atoms with Gasteiger partial charge in [0.25, 0.3) is 0 Å². The van der Waals surface area contributed by atoms with Crippen molar-refractivity contribution >= 4 is 11.6 Å². The molecule has 0 amide bonds. The zero-order valence-corrected chi connectivity index (χ0v) is 12.4. The molecular weight excluding hydrogens is 262 g/mol. The summed E-state index contributed by atoms with van der Waals surface area (Å²) >= 11 is 6.13. The summed E-state index contributed by atoms with van der Waals surface area (Å²) in [4.78, 5) is 0. The molecule has 1 aliphatic rings. The Balaban J connectivity index is 2.24. The van der Waals surface area contributed by atoms with Crippen LogP contribution in [-0.4, -0.2) is 27.3 Å². The van der Waals surface area contributed by atoms with Crippen LogP contribution >= 0.6 is 11.6 Å². The fraction of sp³-hybridized carbons (Fsp3) is 0.600. The molecule has 0 unspecified atom stereocenters. The summed E-state index contributed by atoms with van der Waals surface area (Å²) < 4.78 is 10.8. The second-order valence-electron chi connectivity index (χ2n) is 5.08. The third-order valence-electron chi connectivity index (χ3n) is 3.74. The second-order valence-corrected chi connectivity index (χ2v) is 5.51. The van der Waals surface area contributed by atoms with Crippen molar-refractivity contribution in [1.82, 2.24) is 5.32 Å². The molecule has 1 aromatic rings. The summed E-state index contributed by atoms with van der Waals surface area (Å²) in [6.07, 6.45) is 3.48. The number of ether oxygens (including phenoxy) is 2. The van der Waals surface area contributed by atoms with Crippen LogP contribution in [0.2, 0.25) is 5.02 Å². The normalized spacial score (nSPS) is 16.6. The van der Waals surface area contributed by atoms with Gasteiger partial charge in [-0.2, -0.15) is 0 Å². The van der Waals surface area contributed by atoms with Crippen molar-refractivity contribution in [2.45, 2.75) is 25.9 Å². The summed E-state index contributed by atoms with van der Waals surface area (Å²) in [5, 5.41) is 4.11. The van der Waals surface area contributed by atoms with Crippen LogP contribution in [-0.2, 0) is 17.8 Å². The highest BCUT2D eigenvalue weighted by Gasteiger charge is 2.19. The molecule has 0 bridgehead atoms. The average Bonchev–Trinajstić information content (AvgIpc) is 2.43. The first-order chi connectivity index (χ1) is 9.24. The van der Waals surface area contributed by atoms with E-state index < -0.39 is 0 Å². The van der Waals surface area contributed by atoms with Gasteiger partial charge in [0.1, 0.15) is 5.75 Å². The number of rotatable bonds is 5. The Kier molecular flexibility index (Phi) is 5.49.